The second-order valence-electron chi connectivity index (χ2n) is 7.16. The van der Waals surface area contributed by atoms with Gasteiger partial charge in [0.05, 0.1) is 11.1 Å². The first kappa shape index (κ1) is 17.5. The Balaban J connectivity index is 1.70. The average molecular weight is 359 g/mol. The van der Waals surface area contributed by atoms with Crippen LogP contribution in [0.25, 0.3) is 10.9 Å². The predicted octanol–water partition coefficient (Wildman–Crippen LogP) is 5.21. The first-order chi connectivity index (χ1) is 13.2. The molecule has 1 amide bonds. The molecule has 1 saturated carbocycles. The minimum absolute atomic E-state index is 0.00710. The molecule has 0 aliphatic heterocycles. The Morgan fingerprint density at radius 2 is 1.81 bits per heavy atom. The van der Waals surface area contributed by atoms with Gasteiger partial charge in [0.25, 0.3) is 5.91 Å². The first-order valence-electron chi connectivity index (χ1n) is 9.80. The van der Waals surface area contributed by atoms with Crippen LogP contribution < -0.4 is 10.6 Å². The maximum atomic E-state index is 13.0. The van der Waals surface area contributed by atoms with Crippen molar-refractivity contribution in [2.45, 2.75) is 45.1 Å². The summed E-state index contributed by atoms with van der Waals surface area (Å²) in [6.45, 7) is 2.13. The third kappa shape index (κ3) is 3.80. The fourth-order valence-corrected chi connectivity index (χ4v) is 3.85. The standard InChI is InChI=1S/C23H25N3O/c1-2-16-9-3-7-13-20(16)25-22-15-19(18-12-6-8-14-21(18)26-22)23(27)24-17-10-4-5-11-17/h3,6-9,12-15,17H,2,4-5,10-11H2,1H3,(H,24,27)(H,25,26). The lowest BCUT2D eigenvalue weighted by Gasteiger charge is -2.15. The molecular weight excluding hydrogens is 334 g/mol. The van der Waals surface area contributed by atoms with Crippen LogP contribution in [0.5, 0.6) is 0 Å². The highest BCUT2D eigenvalue weighted by atomic mass is 16.1. The molecule has 0 radical (unpaired) electrons. The lowest BCUT2D eigenvalue weighted by Crippen LogP contribution is -2.32. The highest BCUT2D eigenvalue weighted by Gasteiger charge is 2.20. The Bertz CT molecular complexity index is 961. The number of anilines is 2. The zero-order valence-corrected chi connectivity index (χ0v) is 15.7. The number of hydrogen-bond donors (Lipinski definition) is 2. The second kappa shape index (κ2) is 7.78. The van der Waals surface area contributed by atoms with Gasteiger partial charge in [0.1, 0.15) is 5.82 Å². The second-order valence-corrected chi connectivity index (χ2v) is 7.16. The molecule has 1 aliphatic rings. The summed E-state index contributed by atoms with van der Waals surface area (Å²) in [5.41, 5.74) is 3.77. The van der Waals surface area contributed by atoms with Gasteiger partial charge in [0.15, 0.2) is 0 Å². The van der Waals surface area contributed by atoms with Gasteiger partial charge in [-0.15, -0.1) is 0 Å². The molecule has 1 fully saturated rings. The van der Waals surface area contributed by atoms with E-state index < -0.39 is 0 Å². The van der Waals surface area contributed by atoms with Crippen LogP contribution in [0, 0.1) is 0 Å². The molecule has 2 aromatic carbocycles. The van der Waals surface area contributed by atoms with Crippen molar-refractivity contribution in [3.63, 3.8) is 0 Å². The van der Waals surface area contributed by atoms with Gasteiger partial charge >= 0.3 is 0 Å². The summed E-state index contributed by atoms with van der Waals surface area (Å²) < 4.78 is 0. The Hall–Kier alpha value is -2.88. The van der Waals surface area contributed by atoms with Gasteiger partial charge < -0.3 is 10.6 Å². The number of amides is 1. The van der Waals surface area contributed by atoms with E-state index in [1.165, 1.54) is 18.4 Å². The van der Waals surface area contributed by atoms with Gasteiger partial charge in [-0.3, -0.25) is 4.79 Å². The van der Waals surface area contributed by atoms with Crippen molar-refractivity contribution in [2.24, 2.45) is 0 Å². The van der Waals surface area contributed by atoms with Crippen LogP contribution in [-0.2, 0) is 6.42 Å². The molecule has 4 rings (SSSR count). The number of para-hydroxylation sites is 2. The van der Waals surface area contributed by atoms with E-state index in [4.69, 9.17) is 4.98 Å². The molecule has 27 heavy (non-hydrogen) atoms. The van der Waals surface area contributed by atoms with Gasteiger partial charge in [-0.1, -0.05) is 56.2 Å². The Kier molecular flexibility index (Phi) is 5.05. The number of fused-ring (bicyclic) bond motifs is 1. The molecule has 2 N–H and O–H groups in total. The smallest absolute Gasteiger partial charge is 0.252 e. The number of carbonyl (C=O) groups excluding carboxylic acids is 1. The van der Waals surface area contributed by atoms with Gasteiger partial charge in [0.2, 0.25) is 0 Å². The highest BCUT2D eigenvalue weighted by Crippen LogP contribution is 2.26. The number of pyridine rings is 1. The first-order valence-corrected chi connectivity index (χ1v) is 9.80. The fraction of sp³-hybridized carbons (Fsp3) is 0.304. The minimum Gasteiger partial charge on any atom is -0.349 e. The van der Waals surface area contributed by atoms with Crippen molar-refractivity contribution in [2.75, 3.05) is 5.32 Å². The monoisotopic (exact) mass is 359 g/mol. The lowest BCUT2D eigenvalue weighted by atomic mass is 10.1. The third-order valence-corrected chi connectivity index (χ3v) is 5.31. The summed E-state index contributed by atoms with van der Waals surface area (Å²) in [6, 6.07) is 18.2. The molecule has 4 nitrogen and oxygen atoms in total. The number of benzene rings is 2. The van der Waals surface area contributed by atoms with E-state index in [0.29, 0.717) is 17.4 Å². The molecule has 0 unspecified atom stereocenters. The maximum Gasteiger partial charge on any atom is 0.252 e. The van der Waals surface area contributed by atoms with Crippen molar-refractivity contribution < 1.29 is 4.79 Å². The Morgan fingerprint density at radius 3 is 2.63 bits per heavy atom. The number of rotatable bonds is 5. The summed E-state index contributed by atoms with van der Waals surface area (Å²) in [7, 11) is 0. The van der Waals surface area contributed by atoms with Gasteiger partial charge in [-0.2, -0.15) is 0 Å². The van der Waals surface area contributed by atoms with E-state index in [9.17, 15) is 4.79 Å². The zero-order chi connectivity index (χ0) is 18.6. The molecule has 0 spiro atoms. The lowest BCUT2D eigenvalue weighted by molar-refractivity contribution is 0.0939. The number of hydrogen-bond acceptors (Lipinski definition) is 3. The topological polar surface area (TPSA) is 54.0 Å². The average Bonchev–Trinajstić information content (AvgIpc) is 3.20. The van der Waals surface area contributed by atoms with Crippen molar-refractivity contribution in [1.82, 2.24) is 10.3 Å². The van der Waals surface area contributed by atoms with Crippen LogP contribution in [0.1, 0.15) is 48.5 Å². The van der Waals surface area contributed by atoms with E-state index in [-0.39, 0.29) is 5.91 Å². The molecule has 4 heteroatoms. The molecule has 0 bridgehead atoms. The third-order valence-electron chi connectivity index (χ3n) is 5.31. The van der Waals surface area contributed by atoms with E-state index in [1.54, 1.807) is 0 Å². The molecule has 0 atom stereocenters. The van der Waals surface area contributed by atoms with E-state index >= 15 is 0 Å². The summed E-state index contributed by atoms with van der Waals surface area (Å²) in [5, 5.41) is 7.51. The van der Waals surface area contributed by atoms with Gasteiger partial charge in [0, 0.05) is 17.1 Å². The Labute approximate surface area is 160 Å². The number of carbonyl (C=O) groups is 1. The summed E-state index contributed by atoms with van der Waals surface area (Å²) in [4.78, 5) is 17.7. The normalized spacial score (nSPS) is 14.4. The summed E-state index contributed by atoms with van der Waals surface area (Å²) in [5.74, 6) is 0.693. The number of aryl methyl sites for hydroxylation is 1. The molecule has 1 heterocycles. The van der Waals surface area contributed by atoms with Crippen LogP contribution in [0.15, 0.2) is 54.6 Å². The highest BCUT2D eigenvalue weighted by molar-refractivity contribution is 6.07. The van der Waals surface area contributed by atoms with Crippen molar-refractivity contribution in [3.8, 4) is 0 Å². The maximum absolute atomic E-state index is 13.0. The molecular formula is C23H25N3O. The Morgan fingerprint density at radius 1 is 1.07 bits per heavy atom. The molecule has 1 aromatic heterocycles. The van der Waals surface area contributed by atoms with Crippen molar-refractivity contribution >= 4 is 28.3 Å². The number of aromatic nitrogens is 1. The van der Waals surface area contributed by atoms with Gasteiger partial charge in [-0.05, 0) is 43.0 Å². The zero-order valence-electron chi connectivity index (χ0n) is 15.7. The van der Waals surface area contributed by atoms with E-state index in [1.807, 2.05) is 48.5 Å². The van der Waals surface area contributed by atoms with Gasteiger partial charge in [-0.25, -0.2) is 4.98 Å². The summed E-state index contributed by atoms with van der Waals surface area (Å²) in [6.07, 6.45) is 5.48. The predicted molar refractivity (Wildman–Crippen MR) is 111 cm³/mol. The van der Waals surface area contributed by atoms with E-state index in [0.717, 1.165) is 35.9 Å². The molecule has 0 saturated heterocycles. The molecule has 3 aromatic rings. The summed E-state index contributed by atoms with van der Waals surface area (Å²) >= 11 is 0. The quantitative estimate of drug-likeness (QED) is 0.657. The molecule has 1 aliphatic carbocycles. The molecule has 138 valence electrons. The number of nitrogens with zero attached hydrogens (tertiary/aromatic N) is 1. The largest absolute Gasteiger partial charge is 0.349 e. The fourth-order valence-electron chi connectivity index (χ4n) is 3.85. The van der Waals surface area contributed by atoms with Crippen LogP contribution in [-0.4, -0.2) is 16.9 Å². The van der Waals surface area contributed by atoms with E-state index in [2.05, 4.69) is 23.6 Å². The van der Waals surface area contributed by atoms with Crippen LogP contribution >= 0.6 is 0 Å². The van der Waals surface area contributed by atoms with Crippen LogP contribution in [0.3, 0.4) is 0 Å². The minimum atomic E-state index is -0.00710. The SMILES string of the molecule is CCc1ccccc1Nc1cc(C(=O)NC2CCCC2)c2ccccc2n1. The van der Waals surface area contributed by atoms with Crippen LogP contribution in [0.2, 0.25) is 0 Å². The van der Waals surface area contributed by atoms with Crippen molar-refractivity contribution in [3.05, 3.63) is 65.7 Å². The van der Waals surface area contributed by atoms with Crippen LogP contribution in [0.4, 0.5) is 11.5 Å². The van der Waals surface area contributed by atoms with Crippen molar-refractivity contribution in [1.29, 1.82) is 0 Å². The number of nitrogens with one attached hydrogen (secondary N) is 2.